The molecule has 0 saturated carbocycles. The summed E-state index contributed by atoms with van der Waals surface area (Å²) in [5, 5.41) is 2.64. The Labute approximate surface area is 201 Å². The van der Waals surface area contributed by atoms with Crippen molar-refractivity contribution in [1.82, 2.24) is 5.32 Å². The Morgan fingerprint density at radius 1 is 0.941 bits per heavy atom. The number of halogens is 3. The number of benzene rings is 1. The third-order valence-corrected chi connectivity index (χ3v) is 6.01. The minimum absolute atomic E-state index is 0.343. The van der Waals surface area contributed by atoms with Gasteiger partial charge in [0.15, 0.2) is 0 Å². The zero-order valence-electron chi connectivity index (χ0n) is 20.9. The molecule has 0 aromatic heterocycles. The summed E-state index contributed by atoms with van der Waals surface area (Å²) >= 11 is 0. The quantitative estimate of drug-likeness (QED) is 0.215. The fourth-order valence-corrected chi connectivity index (χ4v) is 4.09. The molecular weight excluding hydrogens is 447 g/mol. The van der Waals surface area contributed by atoms with Gasteiger partial charge in [0, 0.05) is 19.6 Å². The normalized spacial score (nSPS) is 15.3. The van der Waals surface area contributed by atoms with Crippen LogP contribution in [-0.2, 0) is 24.7 Å². The van der Waals surface area contributed by atoms with Crippen LogP contribution in [0.4, 0.5) is 13.2 Å². The van der Waals surface area contributed by atoms with Crippen molar-refractivity contribution in [3.63, 3.8) is 0 Å². The molecule has 3 atom stereocenters. The summed E-state index contributed by atoms with van der Waals surface area (Å²) in [6.07, 6.45) is 4.12. The number of hydrogen-bond donors (Lipinski definition) is 1. The Bertz CT molecular complexity index is 727. The van der Waals surface area contributed by atoms with Gasteiger partial charge >= 0.3 is 12.1 Å². The minimum atomic E-state index is -5.04. The minimum Gasteiger partial charge on any atom is -0.458 e. The third-order valence-electron chi connectivity index (χ3n) is 6.01. The van der Waals surface area contributed by atoms with Crippen LogP contribution in [0.25, 0.3) is 0 Å². The van der Waals surface area contributed by atoms with Crippen LogP contribution in [0.1, 0.15) is 90.5 Å². The van der Waals surface area contributed by atoms with Gasteiger partial charge in [-0.25, -0.2) is 4.79 Å². The highest BCUT2D eigenvalue weighted by Crippen LogP contribution is 2.43. The lowest BCUT2D eigenvalue weighted by molar-refractivity contribution is -0.278. The van der Waals surface area contributed by atoms with E-state index < -0.39 is 29.9 Å². The number of esters is 1. The first kappa shape index (κ1) is 29.9. The smallest absolute Gasteiger partial charge is 0.432 e. The predicted octanol–water partition coefficient (Wildman–Crippen LogP) is 6.45. The molecule has 1 aromatic carbocycles. The van der Waals surface area contributed by atoms with Crippen molar-refractivity contribution in [2.75, 3.05) is 7.11 Å². The van der Waals surface area contributed by atoms with Crippen LogP contribution in [-0.4, -0.2) is 37.3 Å². The first-order valence-electron chi connectivity index (χ1n) is 12.3. The largest absolute Gasteiger partial charge is 0.458 e. The molecule has 0 aliphatic heterocycles. The second-order valence-electron chi connectivity index (χ2n) is 8.80. The predicted molar refractivity (Wildman–Crippen MR) is 126 cm³/mol. The van der Waals surface area contributed by atoms with E-state index in [1.807, 2.05) is 0 Å². The van der Waals surface area contributed by atoms with E-state index in [1.165, 1.54) is 63.3 Å². The number of hydrogen-bond acceptors (Lipinski definition) is 4. The zero-order chi connectivity index (χ0) is 25.6. The van der Waals surface area contributed by atoms with E-state index in [4.69, 9.17) is 9.47 Å². The van der Waals surface area contributed by atoms with Gasteiger partial charge in [-0.2, -0.15) is 13.2 Å². The number of methoxy groups -OCH3 is 1. The summed E-state index contributed by atoms with van der Waals surface area (Å²) in [5.74, 6) is -1.88. The van der Waals surface area contributed by atoms with Gasteiger partial charge in [-0.3, -0.25) is 4.79 Å². The Morgan fingerprint density at radius 3 is 1.94 bits per heavy atom. The molecule has 1 amide bonds. The van der Waals surface area contributed by atoms with E-state index in [0.717, 1.165) is 26.4 Å². The maximum atomic E-state index is 14.2. The molecule has 0 fully saturated rings. The number of ether oxygens (including phenoxy) is 2. The summed E-state index contributed by atoms with van der Waals surface area (Å²) in [6, 6.07) is 6.09. The molecule has 34 heavy (non-hydrogen) atoms. The van der Waals surface area contributed by atoms with Crippen LogP contribution in [0.2, 0.25) is 0 Å². The van der Waals surface area contributed by atoms with E-state index in [0.29, 0.717) is 12.8 Å². The molecule has 5 nitrogen and oxygen atoms in total. The number of amides is 1. The molecule has 1 N–H and O–H groups in total. The topological polar surface area (TPSA) is 64.6 Å². The van der Waals surface area contributed by atoms with Crippen molar-refractivity contribution < 1.29 is 32.2 Å². The molecule has 0 aliphatic carbocycles. The molecule has 194 valence electrons. The first-order chi connectivity index (χ1) is 16.1. The molecule has 1 rings (SSSR count). The van der Waals surface area contributed by atoms with Crippen LogP contribution < -0.4 is 5.32 Å². The first-order valence-corrected chi connectivity index (χ1v) is 12.3. The summed E-state index contributed by atoms with van der Waals surface area (Å²) in [5.41, 5.74) is -3.61. The van der Waals surface area contributed by atoms with Crippen molar-refractivity contribution in [3.05, 3.63) is 35.9 Å². The second-order valence-corrected chi connectivity index (χ2v) is 8.80. The summed E-state index contributed by atoms with van der Waals surface area (Å²) in [6.45, 7) is 5.11. The van der Waals surface area contributed by atoms with Gasteiger partial charge in [-0.1, -0.05) is 88.6 Å². The number of carbonyl (C=O) groups is 2. The van der Waals surface area contributed by atoms with Gasteiger partial charge in [0.1, 0.15) is 6.10 Å². The molecule has 0 heterocycles. The SMILES string of the molecule is CCCCCCCCCCC[C@@H](OC(=O)[C@@](OC)(c1ccccc1)C(F)(F)F)[C@H](C)NC(C)=O. The molecule has 0 saturated heterocycles. The van der Waals surface area contributed by atoms with Crippen LogP contribution >= 0.6 is 0 Å². The van der Waals surface area contributed by atoms with Crippen LogP contribution in [0.5, 0.6) is 0 Å². The van der Waals surface area contributed by atoms with Gasteiger partial charge in [0.25, 0.3) is 5.60 Å². The molecule has 0 radical (unpaired) electrons. The van der Waals surface area contributed by atoms with Crippen molar-refractivity contribution in [1.29, 1.82) is 0 Å². The average molecular weight is 488 g/mol. The van der Waals surface area contributed by atoms with Crippen LogP contribution in [0, 0.1) is 0 Å². The van der Waals surface area contributed by atoms with Crippen molar-refractivity contribution in [2.45, 2.75) is 109 Å². The number of rotatable bonds is 16. The Kier molecular flexibility index (Phi) is 13.2. The standard InChI is InChI=1S/C26H40F3NO4/c1-5-6-7-8-9-10-11-12-16-19-23(20(2)30-21(3)31)34-24(32)25(33-4,26(27,28)29)22-17-14-13-15-18-22/h13-15,17-18,20,23H,5-12,16,19H2,1-4H3,(H,30,31)/t20-,23+,25-/m0/s1. The zero-order valence-corrected chi connectivity index (χ0v) is 20.9. The molecule has 0 spiro atoms. The van der Waals surface area contributed by atoms with Gasteiger partial charge < -0.3 is 14.8 Å². The maximum Gasteiger partial charge on any atom is 0.432 e. The highest BCUT2D eigenvalue weighted by atomic mass is 19.4. The molecule has 0 aliphatic rings. The Hall–Kier alpha value is -2.09. The van der Waals surface area contributed by atoms with Gasteiger partial charge in [-0.15, -0.1) is 0 Å². The van der Waals surface area contributed by atoms with E-state index in [1.54, 1.807) is 13.0 Å². The van der Waals surface area contributed by atoms with E-state index in [9.17, 15) is 22.8 Å². The van der Waals surface area contributed by atoms with E-state index in [-0.39, 0.29) is 11.5 Å². The fraction of sp³-hybridized carbons (Fsp3) is 0.692. The van der Waals surface area contributed by atoms with E-state index >= 15 is 0 Å². The second kappa shape index (κ2) is 15.0. The molecule has 0 bridgehead atoms. The lowest BCUT2D eigenvalue weighted by atomic mass is 9.92. The summed E-state index contributed by atoms with van der Waals surface area (Å²) in [4.78, 5) is 24.6. The van der Waals surface area contributed by atoms with Crippen LogP contribution in [0.3, 0.4) is 0 Å². The van der Waals surface area contributed by atoms with Crippen molar-refractivity contribution in [3.8, 4) is 0 Å². The average Bonchev–Trinajstić information content (AvgIpc) is 2.77. The van der Waals surface area contributed by atoms with Gasteiger partial charge in [-0.05, 0) is 19.8 Å². The molecule has 1 aromatic rings. The maximum absolute atomic E-state index is 14.2. The number of unbranched alkanes of at least 4 members (excludes halogenated alkanes) is 8. The fourth-order valence-electron chi connectivity index (χ4n) is 4.09. The monoisotopic (exact) mass is 487 g/mol. The third kappa shape index (κ3) is 8.93. The van der Waals surface area contributed by atoms with Crippen LogP contribution in [0.15, 0.2) is 30.3 Å². The lowest BCUT2D eigenvalue weighted by Gasteiger charge is -2.35. The highest BCUT2D eigenvalue weighted by Gasteiger charge is 2.64. The summed E-state index contributed by atoms with van der Waals surface area (Å²) < 4.78 is 52.8. The number of alkyl halides is 3. The van der Waals surface area contributed by atoms with Crippen molar-refractivity contribution in [2.24, 2.45) is 0 Å². The molecule has 0 unspecified atom stereocenters. The molecular formula is C26H40F3NO4. The lowest BCUT2D eigenvalue weighted by Crippen LogP contribution is -2.54. The van der Waals surface area contributed by atoms with Gasteiger partial charge in [0.2, 0.25) is 5.91 Å². The highest BCUT2D eigenvalue weighted by molar-refractivity contribution is 5.83. The molecule has 8 heteroatoms. The van der Waals surface area contributed by atoms with E-state index in [2.05, 4.69) is 12.2 Å². The summed E-state index contributed by atoms with van der Waals surface area (Å²) in [7, 11) is 0.842. The number of nitrogens with one attached hydrogen (secondary N) is 1. The number of carbonyl (C=O) groups excluding carboxylic acids is 2. The van der Waals surface area contributed by atoms with Gasteiger partial charge in [0.05, 0.1) is 6.04 Å². The van der Waals surface area contributed by atoms with Crippen molar-refractivity contribution >= 4 is 11.9 Å². The Morgan fingerprint density at radius 2 is 1.47 bits per heavy atom. The Balaban J connectivity index is 2.88.